The number of ether oxygens (including phenoxy) is 1. The van der Waals surface area contributed by atoms with Crippen molar-refractivity contribution in [1.29, 1.82) is 0 Å². The van der Waals surface area contributed by atoms with Gasteiger partial charge in [0.2, 0.25) is 5.91 Å². The van der Waals surface area contributed by atoms with Gasteiger partial charge < -0.3 is 9.64 Å². The van der Waals surface area contributed by atoms with Gasteiger partial charge >= 0.3 is 5.97 Å². The molecule has 9 heteroatoms. The van der Waals surface area contributed by atoms with Crippen molar-refractivity contribution in [3.63, 3.8) is 0 Å². The highest BCUT2D eigenvalue weighted by molar-refractivity contribution is 8.00. The fraction of sp³-hybridized carbons (Fsp3) is 0.529. The molecule has 3 fully saturated rings. The number of sulfone groups is 1. The number of thioether (sulfide) groups is 1. The lowest BCUT2D eigenvalue weighted by Crippen LogP contribution is -2.47. The summed E-state index contributed by atoms with van der Waals surface area (Å²) in [5.41, 5.74) is 0.786. The SMILES string of the molecule is O=C(OC1CCS(=O)(=O)C1)C1CSC2(c3ccc(F)cc3)CCC(=O)N12. The number of hydrogen-bond acceptors (Lipinski definition) is 6. The van der Waals surface area contributed by atoms with E-state index in [9.17, 15) is 22.4 Å². The first-order valence-electron chi connectivity index (χ1n) is 8.44. The third-order valence-electron chi connectivity index (χ3n) is 5.17. The largest absolute Gasteiger partial charge is 0.460 e. The molecule has 26 heavy (non-hydrogen) atoms. The van der Waals surface area contributed by atoms with E-state index < -0.39 is 32.8 Å². The molecular formula is C17H18FNO5S2. The summed E-state index contributed by atoms with van der Waals surface area (Å²) < 4.78 is 41.8. The van der Waals surface area contributed by atoms with Crippen molar-refractivity contribution in [3.8, 4) is 0 Å². The Morgan fingerprint density at radius 1 is 1.31 bits per heavy atom. The number of halogens is 1. The molecule has 0 saturated carbocycles. The Kier molecular flexibility index (Phi) is 4.26. The molecule has 0 bridgehead atoms. The summed E-state index contributed by atoms with van der Waals surface area (Å²) in [7, 11) is -3.15. The van der Waals surface area contributed by atoms with Crippen LogP contribution in [0.4, 0.5) is 4.39 Å². The average Bonchev–Trinajstić information content (AvgIpc) is 3.23. The molecule has 0 N–H and O–H groups in total. The highest BCUT2D eigenvalue weighted by atomic mass is 32.2. The highest BCUT2D eigenvalue weighted by Gasteiger charge is 2.57. The van der Waals surface area contributed by atoms with Crippen LogP contribution < -0.4 is 0 Å². The number of fused-ring (bicyclic) bond motifs is 1. The van der Waals surface area contributed by atoms with Crippen molar-refractivity contribution in [3.05, 3.63) is 35.6 Å². The lowest BCUT2D eigenvalue weighted by Gasteiger charge is -2.34. The van der Waals surface area contributed by atoms with Crippen LogP contribution in [-0.4, -0.2) is 54.6 Å². The van der Waals surface area contributed by atoms with Gasteiger partial charge in [-0.1, -0.05) is 12.1 Å². The van der Waals surface area contributed by atoms with Gasteiger partial charge in [-0.3, -0.25) is 4.79 Å². The van der Waals surface area contributed by atoms with Gasteiger partial charge in [0.25, 0.3) is 0 Å². The van der Waals surface area contributed by atoms with Gasteiger partial charge in [0, 0.05) is 12.2 Å². The first kappa shape index (κ1) is 17.8. The van der Waals surface area contributed by atoms with Gasteiger partial charge in [-0.2, -0.15) is 0 Å². The van der Waals surface area contributed by atoms with Crippen LogP contribution in [0.15, 0.2) is 24.3 Å². The monoisotopic (exact) mass is 399 g/mol. The maximum atomic E-state index is 13.3. The van der Waals surface area contributed by atoms with Crippen molar-refractivity contribution in [1.82, 2.24) is 4.90 Å². The van der Waals surface area contributed by atoms with Gasteiger partial charge in [-0.05, 0) is 30.5 Å². The maximum absolute atomic E-state index is 13.3. The first-order chi connectivity index (χ1) is 12.3. The molecule has 3 atom stereocenters. The van der Waals surface area contributed by atoms with Crippen molar-refractivity contribution in [2.45, 2.75) is 36.3 Å². The minimum absolute atomic E-state index is 0.0204. The summed E-state index contributed by atoms with van der Waals surface area (Å²) in [6.45, 7) is 0. The van der Waals surface area contributed by atoms with E-state index in [1.165, 1.54) is 23.9 Å². The van der Waals surface area contributed by atoms with Gasteiger partial charge in [-0.25, -0.2) is 17.6 Å². The molecule has 3 aliphatic rings. The van der Waals surface area contributed by atoms with E-state index in [0.29, 0.717) is 25.0 Å². The van der Waals surface area contributed by atoms with Crippen LogP contribution in [0.3, 0.4) is 0 Å². The van der Waals surface area contributed by atoms with Crippen molar-refractivity contribution < 1.29 is 27.1 Å². The summed E-state index contributed by atoms with van der Waals surface area (Å²) in [4.78, 5) is 26.0. The highest BCUT2D eigenvalue weighted by Crippen LogP contribution is 2.54. The zero-order valence-corrected chi connectivity index (χ0v) is 15.5. The molecule has 0 spiro atoms. The van der Waals surface area contributed by atoms with Crippen LogP contribution >= 0.6 is 11.8 Å². The molecule has 4 rings (SSSR count). The summed E-state index contributed by atoms with van der Waals surface area (Å²) in [6.07, 6.45) is 0.511. The van der Waals surface area contributed by atoms with Crippen LogP contribution in [0.5, 0.6) is 0 Å². The Balaban J connectivity index is 1.56. The zero-order valence-electron chi connectivity index (χ0n) is 13.9. The van der Waals surface area contributed by atoms with Crippen molar-refractivity contribution in [2.24, 2.45) is 0 Å². The van der Waals surface area contributed by atoms with E-state index >= 15 is 0 Å². The van der Waals surface area contributed by atoms with Gasteiger partial charge in [-0.15, -0.1) is 11.8 Å². The molecule has 1 aromatic carbocycles. The number of amides is 1. The fourth-order valence-electron chi connectivity index (χ4n) is 3.92. The number of carbonyl (C=O) groups is 2. The maximum Gasteiger partial charge on any atom is 0.330 e. The molecule has 3 heterocycles. The van der Waals surface area contributed by atoms with Gasteiger partial charge in [0.05, 0.1) is 11.5 Å². The van der Waals surface area contributed by atoms with Crippen LogP contribution in [0.1, 0.15) is 24.8 Å². The molecule has 0 radical (unpaired) electrons. The van der Waals surface area contributed by atoms with E-state index in [0.717, 1.165) is 5.56 Å². The summed E-state index contributed by atoms with van der Waals surface area (Å²) in [6, 6.07) is 5.24. The van der Waals surface area contributed by atoms with Gasteiger partial charge in [0.15, 0.2) is 9.84 Å². The third kappa shape index (κ3) is 2.90. The lowest BCUT2D eigenvalue weighted by atomic mass is 10.0. The summed E-state index contributed by atoms with van der Waals surface area (Å²) >= 11 is 1.48. The molecule has 0 aliphatic carbocycles. The second-order valence-electron chi connectivity index (χ2n) is 6.84. The second kappa shape index (κ2) is 6.23. The molecule has 3 unspecified atom stereocenters. The quantitative estimate of drug-likeness (QED) is 0.716. The number of benzene rings is 1. The van der Waals surface area contributed by atoms with Crippen LogP contribution in [-0.2, 0) is 29.0 Å². The normalized spacial score (nSPS) is 32.7. The van der Waals surface area contributed by atoms with Gasteiger partial charge in [0.1, 0.15) is 22.8 Å². The van der Waals surface area contributed by atoms with E-state index in [-0.39, 0.29) is 23.2 Å². The van der Waals surface area contributed by atoms with E-state index in [1.54, 1.807) is 17.0 Å². The van der Waals surface area contributed by atoms with Crippen molar-refractivity contribution >= 4 is 33.5 Å². The number of rotatable bonds is 3. The molecule has 0 aromatic heterocycles. The van der Waals surface area contributed by atoms with Crippen LogP contribution in [0.2, 0.25) is 0 Å². The first-order valence-corrected chi connectivity index (χ1v) is 11.2. The number of carbonyl (C=O) groups excluding carboxylic acids is 2. The van der Waals surface area contributed by atoms with Crippen LogP contribution in [0, 0.1) is 5.82 Å². The fourth-order valence-corrected chi connectivity index (χ4v) is 7.15. The molecule has 140 valence electrons. The average molecular weight is 399 g/mol. The number of nitrogens with zero attached hydrogens (tertiary/aromatic N) is 1. The van der Waals surface area contributed by atoms with E-state index in [1.807, 2.05) is 0 Å². The summed E-state index contributed by atoms with van der Waals surface area (Å²) in [5.74, 6) is -0.814. The summed E-state index contributed by atoms with van der Waals surface area (Å²) in [5, 5.41) is 0. The molecule has 1 amide bonds. The predicted octanol–water partition coefficient (Wildman–Crippen LogP) is 1.45. The predicted molar refractivity (Wildman–Crippen MR) is 93.6 cm³/mol. The Morgan fingerprint density at radius 2 is 2.04 bits per heavy atom. The zero-order chi connectivity index (χ0) is 18.5. The topological polar surface area (TPSA) is 80.8 Å². The minimum Gasteiger partial charge on any atom is -0.460 e. The Morgan fingerprint density at radius 3 is 2.69 bits per heavy atom. The standard InChI is InChI=1S/C17H18FNO5S2/c18-12-3-1-11(2-4-12)17-7-5-15(20)19(17)14(9-25-17)16(21)24-13-6-8-26(22,23)10-13/h1-4,13-14H,5-10H2. The van der Waals surface area contributed by atoms with Crippen LogP contribution in [0.25, 0.3) is 0 Å². The molecule has 1 aromatic rings. The van der Waals surface area contributed by atoms with E-state index in [4.69, 9.17) is 4.74 Å². The molecule has 3 aliphatic heterocycles. The van der Waals surface area contributed by atoms with E-state index in [2.05, 4.69) is 0 Å². The third-order valence-corrected chi connectivity index (χ3v) is 8.50. The minimum atomic E-state index is -3.15. The number of hydrogen-bond donors (Lipinski definition) is 0. The Bertz CT molecular complexity index is 856. The van der Waals surface area contributed by atoms with Crippen molar-refractivity contribution in [2.75, 3.05) is 17.3 Å². The molecule has 6 nitrogen and oxygen atoms in total. The second-order valence-corrected chi connectivity index (χ2v) is 10.4. The molecule has 3 saturated heterocycles. The Labute approximate surface area is 155 Å². The Hall–Kier alpha value is -1.61. The lowest BCUT2D eigenvalue weighted by molar-refractivity contribution is -0.157. The smallest absolute Gasteiger partial charge is 0.330 e. The number of esters is 1. The molecular weight excluding hydrogens is 381 g/mol.